The molecule has 0 aliphatic heterocycles. The Morgan fingerprint density at radius 2 is 1.83 bits per heavy atom. The molecular weight excluding hydrogens is 333 g/mol. The smallest absolute Gasteiger partial charge is 0.241 e. The van der Waals surface area contributed by atoms with Gasteiger partial charge < -0.3 is 9.47 Å². The summed E-state index contributed by atoms with van der Waals surface area (Å²) in [5.41, 5.74) is 0.348. The summed E-state index contributed by atoms with van der Waals surface area (Å²) in [6, 6.07) is 10.2. The van der Waals surface area contributed by atoms with Crippen molar-refractivity contribution in [3.63, 3.8) is 0 Å². The first-order valence-electron chi connectivity index (χ1n) is 7.38. The summed E-state index contributed by atoms with van der Waals surface area (Å²) < 4.78 is 51.2. The molecule has 0 aromatic heterocycles. The van der Waals surface area contributed by atoms with Crippen LogP contribution in [-0.2, 0) is 10.0 Å². The number of benzene rings is 2. The first-order valence-corrected chi connectivity index (χ1v) is 8.86. The minimum absolute atomic E-state index is 0.0491. The molecule has 0 aliphatic rings. The number of methoxy groups -OCH3 is 1. The second-order valence-electron chi connectivity index (χ2n) is 5.39. The van der Waals surface area contributed by atoms with Gasteiger partial charge in [0.25, 0.3) is 0 Å². The summed E-state index contributed by atoms with van der Waals surface area (Å²) in [5.74, 6) is 0.630. The molecule has 130 valence electrons. The zero-order valence-corrected chi connectivity index (χ0v) is 14.6. The maximum atomic E-state index is 13.1. The molecule has 0 fully saturated rings. The number of ether oxygens (including phenoxy) is 2. The quantitative estimate of drug-likeness (QED) is 0.831. The van der Waals surface area contributed by atoms with Crippen LogP contribution >= 0.6 is 0 Å². The third kappa shape index (κ3) is 4.46. The maximum Gasteiger partial charge on any atom is 0.241 e. The number of halogens is 1. The van der Waals surface area contributed by atoms with Gasteiger partial charge in [-0.25, -0.2) is 17.5 Å². The number of nitrogens with one attached hydrogen (secondary N) is 1. The molecule has 0 saturated heterocycles. The van der Waals surface area contributed by atoms with E-state index in [1.165, 1.54) is 19.2 Å². The van der Waals surface area contributed by atoms with Gasteiger partial charge in [-0.3, -0.25) is 0 Å². The average molecular weight is 353 g/mol. The number of hydrogen-bond acceptors (Lipinski definition) is 4. The van der Waals surface area contributed by atoms with E-state index < -0.39 is 21.9 Å². The summed E-state index contributed by atoms with van der Waals surface area (Å²) in [6.45, 7) is 3.36. The highest BCUT2D eigenvalue weighted by Crippen LogP contribution is 2.26. The van der Waals surface area contributed by atoms with Gasteiger partial charge in [-0.2, -0.15) is 0 Å². The Balaban J connectivity index is 2.04. The van der Waals surface area contributed by atoms with Crippen molar-refractivity contribution in [1.29, 1.82) is 0 Å². The Kier molecular flexibility index (Phi) is 5.80. The Bertz CT molecular complexity index is 808. The van der Waals surface area contributed by atoms with Crippen molar-refractivity contribution in [3.05, 3.63) is 53.8 Å². The predicted molar refractivity (Wildman–Crippen MR) is 89.4 cm³/mol. The van der Waals surface area contributed by atoms with Gasteiger partial charge in [0.1, 0.15) is 12.4 Å². The van der Waals surface area contributed by atoms with E-state index in [1.54, 1.807) is 32.0 Å². The van der Waals surface area contributed by atoms with Crippen LogP contribution in [0, 0.1) is 12.7 Å². The Hall–Kier alpha value is -2.12. The lowest BCUT2D eigenvalue weighted by Gasteiger charge is -2.17. The fourth-order valence-electron chi connectivity index (χ4n) is 2.23. The Morgan fingerprint density at radius 1 is 1.17 bits per heavy atom. The molecule has 1 unspecified atom stereocenters. The zero-order chi connectivity index (χ0) is 17.7. The van der Waals surface area contributed by atoms with Gasteiger partial charge in [0.15, 0.2) is 11.5 Å². The van der Waals surface area contributed by atoms with Crippen LogP contribution in [0.3, 0.4) is 0 Å². The Labute approximate surface area is 141 Å². The molecule has 0 spiro atoms. The summed E-state index contributed by atoms with van der Waals surface area (Å²) in [6.07, 6.45) is 0. The molecule has 2 aromatic carbocycles. The van der Waals surface area contributed by atoms with E-state index in [-0.39, 0.29) is 11.5 Å². The van der Waals surface area contributed by atoms with Gasteiger partial charge in [0.2, 0.25) is 10.0 Å². The molecule has 5 nitrogen and oxygen atoms in total. The molecule has 0 aliphatic carbocycles. The average Bonchev–Trinajstić information content (AvgIpc) is 2.52. The van der Waals surface area contributed by atoms with Crippen molar-refractivity contribution < 1.29 is 22.3 Å². The van der Waals surface area contributed by atoms with E-state index in [1.807, 2.05) is 6.07 Å². The number of aryl methyl sites for hydroxylation is 1. The van der Waals surface area contributed by atoms with E-state index in [0.29, 0.717) is 17.1 Å². The number of para-hydroxylation sites is 2. The first-order chi connectivity index (χ1) is 11.3. The lowest BCUT2D eigenvalue weighted by Crippen LogP contribution is -2.37. The molecule has 0 radical (unpaired) electrons. The molecule has 0 bridgehead atoms. The second-order valence-corrected chi connectivity index (χ2v) is 7.08. The fourth-order valence-corrected chi connectivity index (χ4v) is 3.68. The minimum atomic E-state index is -3.75. The van der Waals surface area contributed by atoms with Crippen molar-refractivity contribution in [3.8, 4) is 11.5 Å². The lowest BCUT2D eigenvalue weighted by atomic mass is 10.2. The summed E-state index contributed by atoms with van der Waals surface area (Å²) in [4.78, 5) is 0.0491. The molecule has 1 atom stereocenters. The zero-order valence-electron chi connectivity index (χ0n) is 13.7. The molecule has 7 heteroatoms. The van der Waals surface area contributed by atoms with Crippen molar-refractivity contribution in [1.82, 2.24) is 4.72 Å². The molecule has 1 N–H and O–H groups in total. The van der Waals surface area contributed by atoms with Gasteiger partial charge in [0, 0.05) is 0 Å². The van der Waals surface area contributed by atoms with Crippen molar-refractivity contribution in [2.75, 3.05) is 13.7 Å². The molecule has 0 amide bonds. The van der Waals surface area contributed by atoms with Crippen LogP contribution in [0.15, 0.2) is 47.4 Å². The van der Waals surface area contributed by atoms with Crippen LogP contribution in [0.1, 0.15) is 12.5 Å². The van der Waals surface area contributed by atoms with Crippen molar-refractivity contribution >= 4 is 10.0 Å². The molecule has 2 aromatic rings. The third-order valence-corrected chi connectivity index (χ3v) is 5.09. The van der Waals surface area contributed by atoms with Crippen LogP contribution in [-0.4, -0.2) is 28.2 Å². The maximum absolute atomic E-state index is 13.1. The van der Waals surface area contributed by atoms with Crippen molar-refractivity contribution in [2.24, 2.45) is 0 Å². The van der Waals surface area contributed by atoms with Crippen LogP contribution in [0.25, 0.3) is 0 Å². The van der Waals surface area contributed by atoms with Gasteiger partial charge in [-0.15, -0.1) is 0 Å². The number of sulfonamides is 1. The third-order valence-electron chi connectivity index (χ3n) is 3.34. The number of hydrogen-bond donors (Lipinski definition) is 1. The van der Waals surface area contributed by atoms with E-state index in [4.69, 9.17) is 9.47 Å². The minimum Gasteiger partial charge on any atom is -0.493 e. The van der Waals surface area contributed by atoms with Crippen LogP contribution in [0.4, 0.5) is 4.39 Å². The molecule has 24 heavy (non-hydrogen) atoms. The van der Waals surface area contributed by atoms with Gasteiger partial charge >= 0.3 is 0 Å². The molecular formula is C17H20FNO4S. The SMILES string of the molecule is COc1ccccc1OCC(C)NS(=O)(=O)c1ccc(F)cc1C. The number of rotatable bonds is 7. The van der Waals surface area contributed by atoms with Crippen LogP contribution in [0.2, 0.25) is 0 Å². The first kappa shape index (κ1) is 18.2. The van der Waals surface area contributed by atoms with Gasteiger partial charge in [-0.05, 0) is 49.7 Å². The van der Waals surface area contributed by atoms with Crippen LogP contribution in [0.5, 0.6) is 11.5 Å². The highest BCUT2D eigenvalue weighted by atomic mass is 32.2. The Morgan fingerprint density at radius 3 is 2.46 bits per heavy atom. The predicted octanol–water partition coefficient (Wildman–Crippen LogP) is 2.89. The van der Waals surface area contributed by atoms with E-state index in [2.05, 4.69) is 4.72 Å². The lowest BCUT2D eigenvalue weighted by molar-refractivity contribution is 0.271. The van der Waals surface area contributed by atoms with Gasteiger partial charge in [0.05, 0.1) is 18.0 Å². The molecule has 0 saturated carbocycles. The van der Waals surface area contributed by atoms with E-state index in [9.17, 15) is 12.8 Å². The summed E-state index contributed by atoms with van der Waals surface area (Å²) >= 11 is 0. The summed E-state index contributed by atoms with van der Waals surface area (Å²) in [7, 11) is -2.22. The van der Waals surface area contributed by atoms with Gasteiger partial charge in [-0.1, -0.05) is 12.1 Å². The van der Waals surface area contributed by atoms with E-state index in [0.717, 1.165) is 6.07 Å². The second kappa shape index (κ2) is 7.63. The molecule has 2 rings (SSSR count). The normalized spacial score (nSPS) is 12.7. The standard InChI is InChI=1S/C17H20FNO4S/c1-12-10-14(18)8-9-17(12)24(20,21)19-13(2)11-23-16-7-5-4-6-15(16)22-3/h4-10,13,19H,11H2,1-3H3. The fraction of sp³-hybridized carbons (Fsp3) is 0.294. The molecule has 0 heterocycles. The van der Waals surface area contributed by atoms with E-state index >= 15 is 0 Å². The summed E-state index contributed by atoms with van der Waals surface area (Å²) in [5, 5.41) is 0. The van der Waals surface area contributed by atoms with Crippen LogP contribution < -0.4 is 14.2 Å². The largest absolute Gasteiger partial charge is 0.493 e. The monoisotopic (exact) mass is 353 g/mol. The topological polar surface area (TPSA) is 64.6 Å². The highest BCUT2D eigenvalue weighted by molar-refractivity contribution is 7.89. The highest BCUT2D eigenvalue weighted by Gasteiger charge is 2.20. The van der Waals surface area contributed by atoms with Crippen molar-refractivity contribution in [2.45, 2.75) is 24.8 Å².